The van der Waals surface area contributed by atoms with Crippen molar-refractivity contribution < 1.29 is 115 Å². The Hall–Kier alpha value is -7.13. The lowest BCUT2D eigenvalue weighted by Gasteiger charge is -2.46. The third-order valence-electron chi connectivity index (χ3n) is 12.0. The van der Waals surface area contributed by atoms with Gasteiger partial charge >= 0.3 is 49.4 Å². The van der Waals surface area contributed by atoms with Crippen molar-refractivity contribution in [2.24, 2.45) is 0 Å². The van der Waals surface area contributed by atoms with Crippen LogP contribution in [0.25, 0.3) is 11.1 Å². The predicted molar refractivity (Wildman–Crippen MR) is 240 cm³/mol. The zero-order valence-electron chi connectivity index (χ0n) is 38.6. The Kier molecular flexibility index (Phi) is 16.6. The van der Waals surface area contributed by atoms with E-state index in [2.05, 4.69) is 12.6 Å². The van der Waals surface area contributed by atoms with Crippen LogP contribution in [-0.2, 0) is 56.0 Å². The van der Waals surface area contributed by atoms with Crippen LogP contribution in [0.3, 0.4) is 0 Å². The smallest absolute Gasteiger partial charge is 0.287 e. The molecule has 0 amide bonds. The third kappa shape index (κ3) is 14.2. The highest BCUT2D eigenvalue weighted by Gasteiger charge is 2.47. The Labute approximate surface area is 434 Å². The molecule has 1 heterocycles. The lowest BCUT2D eigenvalue weighted by atomic mass is 9.12. The second-order valence-corrected chi connectivity index (χ2v) is 17.8. The number of thiol groups is 1. The van der Waals surface area contributed by atoms with Crippen molar-refractivity contribution in [2.75, 3.05) is 0 Å². The molecule has 6 aromatic carbocycles. The van der Waals surface area contributed by atoms with Crippen LogP contribution in [0.4, 0.5) is 105 Å². The maximum atomic E-state index is 14.2. The van der Waals surface area contributed by atoms with Crippen molar-refractivity contribution >= 4 is 46.4 Å². The maximum absolute atomic E-state index is 14.2. The van der Waals surface area contributed by atoms with E-state index in [0.29, 0.717) is 6.54 Å². The van der Waals surface area contributed by atoms with Gasteiger partial charge in [0.25, 0.3) is 0 Å². The van der Waals surface area contributed by atoms with Gasteiger partial charge in [-0.05, 0) is 41.5 Å². The van der Waals surface area contributed by atoms with E-state index in [4.69, 9.17) is 0 Å². The Balaban J connectivity index is 0.000000378. The number of hydrogen-bond acceptors (Lipinski definition) is 2. The summed E-state index contributed by atoms with van der Waals surface area (Å²) < 4.78 is 343. The Morgan fingerprint density at radius 2 is 0.608 bits per heavy atom. The molecule has 420 valence electrons. The fraction of sp³-hybridized carbons (Fsp3) is 0.176. The van der Waals surface area contributed by atoms with Crippen LogP contribution >= 0.6 is 12.6 Å². The first-order valence-corrected chi connectivity index (χ1v) is 22.2. The molecule has 0 N–H and O–H groups in total. The molecule has 0 saturated heterocycles. The van der Waals surface area contributed by atoms with Gasteiger partial charge in [0.2, 0.25) is 12.3 Å². The molecule has 0 atom stereocenters. The number of ketones is 1. The van der Waals surface area contributed by atoms with Crippen LogP contribution in [0, 0.1) is 0 Å². The van der Waals surface area contributed by atoms with Crippen LogP contribution in [0.5, 0.6) is 0 Å². The zero-order valence-corrected chi connectivity index (χ0v) is 39.5. The minimum Gasteiger partial charge on any atom is -0.287 e. The van der Waals surface area contributed by atoms with Crippen LogP contribution < -0.4 is 26.4 Å². The number of hydrogen-bond donors (Lipinski definition) is 1. The highest BCUT2D eigenvalue weighted by molar-refractivity contribution is 7.80. The number of aromatic nitrogens is 1. The molecule has 2 nitrogen and oxygen atoms in total. The number of rotatable bonds is 8. The molecule has 0 spiro atoms. The first-order valence-electron chi connectivity index (χ1n) is 21.7. The summed E-state index contributed by atoms with van der Waals surface area (Å²) in [6.45, 7) is 0.340. The van der Waals surface area contributed by atoms with Crippen molar-refractivity contribution in [3.05, 3.63) is 202 Å². The predicted octanol–water partition coefficient (Wildman–Crippen LogP) is 15.0. The number of alkyl halides is 24. The number of carbonyl (C=O) groups excluding carboxylic acids is 1. The van der Waals surface area contributed by atoms with Gasteiger partial charge in [0.15, 0.2) is 12.4 Å². The summed E-state index contributed by atoms with van der Waals surface area (Å²) in [5.41, 5.74) is -27.3. The van der Waals surface area contributed by atoms with E-state index < -0.39 is 195 Å². The fourth-order valence-electron chi connectivity index (χ4n) is 8.41. The van der Waals surface area contributed by atoms with Gasteiger partial charge in [-0.25, -0.2) is 0 Å². The van der Waals surface area contributed by atoms with Gasteiger partial charge in [-0.1, -0.05) is 97.1 Å². The maximum Gasteiger partial charge on any atom is 0.416 e. The lowest BCUT2D eigenvalue weighted by Crippen LogP contribution is -2.75. The zero-order chi connectivity index (χ0) is 59.3. The Morgan fingerprint density at radius 1 is 0.354 bits per heavy atom. The molecule has 7 rings (SSSR count). The van der Waals surface area contributed by atoms with E-state index in [1.165, 1.54) is 0 Å². The van der Waals surface area contributed by atoms with Crippen LogP contribution in [0.1, 0.15) is 54.9 Å². The Morgan fingerprint density at radius 3 is 0.861 bits per heavy atom. The van der Waals surface area contributed by atoms with Gasteiger partial charge in [0.05, 0.1) is 44.5 Å². The number of halogens is 24. The summed E-state index contributed by atoms with van der Waals surface area (Å²) >= 11 is 4.48. The summed E-state index contributed by atoms with van der Waals surface area (Å²) in [5, 5.41) is 0. The van der Waals surface area contributed by atoms with E-state index in [9.17, 15) is 110 Å². The summed E-state index contributed by atoms with van der Waals surface area (Å²) in [4.78, 5) is 13.1. The van der Waals surface area contributed by atoms with E-state index in [1.807, 2.05) is 83.7 Å². The molecule has 0 aliphatic carbocycles. The van der Waals surface area contributed by atoms with Crippen molar-refractivity contribution in [3.63, 3.8) is 0 Å². The quantitative estimate of drug-likeness (QED) is 0.0529. The van der Waals surface area contributed by atoms with Gasteiger partial charge in [0.1, 0.15) is 6.15 Å². The minimum absolute atomic E-state index is 0.105. The van der Waals surface area contributed by atoms with Crippen molar-refractivity contribution in [1.29, 1.82) is 0 Å². The number of benzene rings is 6. The summed E-state index contributed by atoms with van der Waals surface area (Å²) in [6.07, 6.45) is -51.0. The first-order chi connectivity index (χ1) is 36.0. The second-order valence-electron chi connectivity index (χ2n) is 17.3. The van der Waals surface area contributed by atoms with Gasteiger partial charge in [-0.2, -0.15) is 132 Å². The van der Waals surface area contributed by atoms with Crippen LogP contribution in [-0.4, -0.2) is 11.9 Å². The molecule has 1 aromatic heterocycles. The summed E-state index contributed by atoms with van der Waals surface area (Å²) in [5.74, 6) is 0.105. The molecular weight excluding hydrogens is 1140 g/mol. The molecule has 0 aliphatic rings. The normalized spacial score (nSPS) is 13.2. The summed E-state index contributed by atoms with van der Waals surface area (Å²) in [7, 11) is 0. The average molecular weight is 1170 g/mol. The highest BCUT2D eigenvalue weighted by atomic mass is 32.1. The molecule has 79 heavy (non-hydrogen) atoms. The molecule has 0 radical (unpaired) electrons. The molecule has 7 aromatic rings. The minimum atomic E-state index is -6.13. The van der Waals surface area contributed by atoms with Gasteiger partial charge < -0.3 is 0 Å². The molecule has 0 unspecified atom stereocenters. The topological polar surface area (TPSA) is 20.9 Å². The fourth-order valence-corrected chi connectivity index (χ4v) is 8.70. The van der Waals surface area contributed by atoms with Crippen LogP contribution in [0.2, 0.25) is 0 Å². The van der Waals surface area contributed by atoms with Crippen molar-refractivity contribution in [3.8, 4) is 11.1 Å². The molecule has 28 heteroatoms. The summed E-state index contributed by atoms with van der Waals surface area (Å²) in [6, 6.07) is 12.5. The number of nitrogens with zero attached hydrogens (tertiary/aromatic N) is 1. The van der Waals surface area contributed by atoms with E-state index in [1.54, 1.807) is 0 Å². The molecular formula is C51H28BF24NOS. The first kappa shape index (κ1) is 61.1. The molecule has 0 bridgehead atoms. The van der Waals surface area contributed by atoms with E-state index >= 15 is 0 Å². The monoisotopic (exact) mass is 1170 g/mol. The Bertz CT molecular complexity index is 2900. The number of pyridine rings is 1. The average Bonchev–Trinajstić information content (AvgIpc) is 3.34. The van der Waals surface area contributed by atoms with Crippen molar-refractivity contribution in [1.82, 2.24) is 0 Å². The van der Waals surface area contributed by atoms with Crippen LogP contribution in [0.15, 0.2) is 157 Å². The molecule has 0 aliphatic heterocycles. The number of Topliss-reactive ketones (excluding diaryl/α,β-unsaturated/α-hetero) is 1. The van der Waals surface area contributed by atoms with Crippen molar-refractivity contribution in [2.45, 2.75) is 60.9 Å². The van der Waals surface area contributed by atoms with Gasteiger partial charge in [-0.3, -0.25) is 4.79 Å². The standard InChI is InChI=1S/C32H12BF24.C19H15NOS/c34-25(35,36)13-1-14(26(37,38)39)6-21(5-13)33(22-7-15(27(40,41)42)2-16(8-22)28(43,44)45,23-9-17(29(46,47)48)3-18(10-23)30(49,50)51)24-11-19(31(52,53)54)4-20(12-24)32(55,56)57;21-18(16-6-2-1-3-7-16)14-20-12-10-15(11-13-20)17-8-4-5-9-19(17)22/h1-12H;1-13H,14H2/q-1;/p+1. The second kappa shape index (κ2) is 21.5. The lowest BCUT2D eigenvalue weighted by molar-refractivity contribution is -0.683. The molecule has 0 fully saturated rings. The van der Waals surface area contributed by atoms with Gasteiger partial charge in [-0.15, -0.1) is 12.6 Å². The van der Waals surface area contributed by atoms with E-state index in [-0.39, 0.29) is 5.78 Å². The molecule has 0 saturated carbocycles. The van der Waals surface area contributed by atoms with E-state index in [0.717, 1.165) is 21.6 Å². The van der Waals surface area contributed by atoms with Gasteiger partial charge in [0, 0.05) is 22.6 Å². The number of carbonyl (C=O) groups is 1. The third-order valence-corrected chi connectivity index (χ3v) is 12.4. The SMILES string of the molecule is FC(F)(F)c1cc([B-](c2cc(C(F)(F)F)cc(C(F)(F)F)c2)(c2cc(C(F)(F)F)cc(C(F)(F)F)c2)c2cc(C(F)(F)F)cc(C(F)(F)F)c2)cc(C(F)(F)F)c1.O=C(C[n+]1ccc(-c2ccccc2S)cc1)c1ccccc1. The largest absolute Gasteiger partial charge is 0.416 e. The highest BCUT2D eigenvalue weighted by Crippen LogP contribution is 2.41.